The number of benzene rings is 3. The lowest BCUT2D eigenvalue weighted by Crippen LogP contribution is -2.51. The van der Waals surface area contributed by atoms with Gasteiger partial charge in [0.2, 0.25) is 17.7 Å². The number of halogens is 1. The molecule has 24 nitrogen and oxygen atoms in total. The van der Waals surface area contributed by atoms with E-state index in [2.05, 4.69) is 41.8 Å². The Bertz CT molecular complexity index is 3110. The number of amides is 9. The van der Waals surface area contributed by atoms with Crippen LogP contribution < -0.4 is 36.2 Å². The number of Topliss-reactive ketones (excluding diaryl/α,β-unsaturated/α-hetero) is 1. The maximum Gasteiger partial charge on any atom is 0.415 e. The minimum absolute atomic E-state index is 0.00525. The van der Waals surface area contributed by atoms with Gasteiger partial charge in [-0.3, -0.25) is 38.5 Å². The molecular formula is C60H77BrN10O14. The van der Waals surface area contributed by atoms with Crippen molar-refractivity contribution in [1.82, 2.24) is 35.6 Å². The number of hydrogen-bond acceptors (Lipinski definition) is 15. The summed E-state index contributed by atoms with van der Waals surface area (Å²) in [5.41, 5.74) is 9.56. The number of piperazine rings is 1. The number of aromatic amines is 1. The van der Waals surface area contributed by atoms with E-state index in [0.29, 0.717) is 99.1 Å². The van der Waals surface area contributed by atoms with Gasteiger partial charge in [-0.05, 0) is 66.9 Å². The van der Waals surface area contributed by atoms with Crippen molar-refractivity contribution in [2.75, 3.05) is 134 Å². The highest BCUT2D eigenvalue weighted by atomic mass is 79.9. The molecule has 1 aromatic heterocycles. The van der Waals surface area contributed by atoms with Crippen molar-refractivity contribution in [3.63, 3.8) is 0 Å². The molecule has 6 N–H and O–H groups in total. The Hall–Kier alpha value is -7.29. The maximum atomic E-state index is 14.8. The van der Waals surface area contributed by atoms with Gasteiger partial charge in [0.1, 0.15) is 23.3 Å². The van der Waals surface area contributed by atoms with Crippen LogP contribution in [0.1, 0.15) is 73.5 Å². The smallest absolute Gasteiger partial charge is 0.409 e. The van der Waals surface area contributed by atoms with Crippen LogP contribution in [0.3, 0.4) is 0 Å². The number of nitrogens with two attached hydrogens (primary N) is 1. The number of nitrogens with zero attached hydrogens (tertiary/aromatic N) is 5. The number of anilines is 2. The first kappa shape index (κ1) is 63.7. The number of aromatic nitrogens is 1. The quantitative estimate of drug-likeness (QED) is 0.0269. The largest absolute Gasteiger partial charge is 0.415 e. The van der Waals surface area contributed by atoms with Gasteiger partial charge in [0.15, 0.2) is 0 Å². The number of ether oxygens (including phenoxy) is 5. The van der Waals surface area contributed by atoms with Crippen molar-refractivity contribution >= 4 is 102 Å². The van der Waals surface area contributed by atoms with Crippen molar-refractivity contribution in [2.24, 2.45) is 17.6 Å². The number of carbonyl (C=O) groups excluding carboxylic acids is 9. The number of hydrogen-bond donors (Lipinski definition) is 5. The molecule has 25 heteroatoms. The fraction of sp³-hybridized carbons (Fsp3) is 0.517. The highest BCUT2D eigenvalue weighted by molar-refractivity contribution is 9.09. The topological polar surface area (TPSA) is 294 Å². The van der Waals surface area contributed by atoms with E-state index < -0.39 is 41.8 Å². The molecule has 85 heavy (non-hydrogen) atoms. The summed E-state index contributed by atoms with van der Waals surface area (Å²) in [6.45, 7) is 9.59. The summed E-state index contributed by atoms with van der Waals surface area (Å²) in [6.07, 6.45) is 2.91. The molecule has 0 unspecified atom stereocenters. The van der Waals surface area contributed by atoms with Gasteiger partial charge >= 0.3 is 12.1 Å². The molecular weight excluding hydrogens is 1160 g/mol. The number of nitrogens with one attached hydrogen (secondary N) is 4. The normalized spacial score (nSPS) is 16.6. The number of urea groups is 1. The molecule has 3 aromatic carbocycles. The number of H-pyrrole nitrogens is 1. The third kappa shape index (κ3) is 16.6. The summed E-state index contributed by atoms with van der Waals surface area (Å²) >= 11 is 3.71. The minimum Gasteiger partial charge on any atom is -0.409 e. The molecule has 1 fully saturated rings. The number of likely N-dealkylation sites (N-methyl/N-ethyl adjacent to an activating group) is 1. The SMILES string of the molecule is CC(C)[C@H](CC(=O)CCOCCOCCOCCOCCNC(=O)CCN1C(=O)C=CC1=O)C(=O)N[C@@H](CCCNC(N)=O)C(=O)N1CCc2c1ccc1[nH]c(C(=O)N3C[C@@H](CBr)c4c3cc(OC(=O)N3CCN(C)CC3)c3ccccc43)cc21. The van der Waals surface area contributed by atoms with Gasteiger partial charge in [-0.2, -0.15) is 0 Å². The summed E-state index contributed by atoms with van der Waals surface area (Å²) in [6, 6.07) is 13.4. The predicted molar refractivity (Wildman–Crippen MR) is 320 cm³/mol. The fourth-order valence-corrected chi connectivity index (χ4v) is 11.5. The third-order valence-corrected chi connectivity index (χ3v) is 16.4. The molecule has 0 radical (unpaired) electrons. The van der Waals surface area contributed by atoms with Gasteiger partial charge in [0, 0.05) is 136 Å². The van der Waals surface area contributed by atoms with Crippen molar-refractivity contribution in [2.45, 2.75) is 64.3 Å². The average molecular weight is 1240 g/mol. The van der Waals surface area contributed by atoms with Crippen LogP contribution in [0.5, 0.6) is 5.75 Å². The molecule has 3 atom stereocenters. The Kier molecular flexibility index (Phi) is 23.0. The zero-order valence-corrected chi connectivity index (χ0v) is 50.0. The molecule has 1 saturated heterocycles. The average Bonchev–Trinajstić information content (AvgIpc) is 1.87. The van der Waals surface area contributed by atoms with Crippen LogP contribution in [0.2, 0.25) is 0 Å². The molecule has 0 spiro atoms. The van der Waals surface area contributed by atoms with Crippen LogP contribution in [0.15, 0.2) is 60.7 Å². The first-order valence-corrected chi connectivity index (χ1v) is 30.2. The van der Waals surface area contributed by atoms with Crippen LogP contribution in [-0.2, 0) is 54.1 Å². The maximum absolute atomic E-state index is 14.8. The van der Waals surface area contributed by atoms with E-state index in [0.717, 1.165) is 45.3 Å². The first-order valence-electron chi connectivity index (χ1n) is 29.0. The van der Waals surface area contributed by atoms with Gasteiger partial charge in [0.25, 0.3) is 17.7 Å². The summed E-state index contributed by atoms with van der Waals surface area (Å²) in [4.78, 5) is 129. The second-order valence-corrected chi connectivity index (χ2v) is 22.4. The molecule has 4 aromatic rings. The highest BCUT2D eigenvalue weighted by Crippen LogP contribution is 2.47. The molecule has 9 amide bonds. The number of ketones is 1. The molecule has 4 aliphatic rings. The highest BCUT2D eigenvalue weighted by Gasteiger charge is 2.38. The Morgan fingerprint density at radius 3 is 2.09 bits per heavy atom. The van der Waals surface area contributed by atoms with E-state index in [-0.39, 0.29) is 107 Å². The van der Waals surface area contributed by atoms with Crippen LogP contribution >= 0.6 is 15.9 Å². The zero-order valence-electron chi connectivity index (χ0n) is 48.5. The lowest BCUT2D eigenvalue weighted by molar-refractivity contribution is -0.137. The molecule has 5 heterocycles. The molecule has 0 aliphatic carbocycles. The lowest BCUT2D eigenvalue weighted by atomic mass is 9.88. The van der Waals surface area contributed by atoms with E-state index in [1.165, 1.54) is 12.2 Å². The summed E-state index contributed by atoms with van der Waals surface area (Å²) in [7, 11) is 2.02. The molecule has 4 aliphatic heterocycles. The minimum atomic E-state index is -1.00. The van der Waals surface area contributed by atoms with E-state index in [9.17, 15) is 43.2 Å². The summed E-state index contributed by atoms with van der Waals surface area (Å²) in [5.74, 6) is -3.04. The van der Waals surface area contributed by atoms with E-state index in [1.807, 2.05) is 63.4 Å². The second-order valence-electron chi connectivity index (χ2n) is 21.8. The van der Waals surface area contributed by atoms with E-state index in [1.54, 1.807) is 20.8 Å². The predicted octanol–water partition coefficient (Wildman–Crippen LogP) is 4.15. The van der Waals surface area contributed by atoms with E-state index >= 15 is 0 Å². The number of imide groups is 1. The van der Waals surface area contributed by atoms with Gasteiger partial charge in [-0.25, -0.2) is 9.59 Å². The van der Waals surface area contributed by atoms with Crippen molar-refractivity contribution < 1.29 is 66.8 Å². The van der Waals surface area contributed by atoms with Crippen LogP contribution in [0.4, 0.5) is 21.0 Å². The number of rotatable bonds is 31. The summed E-state index contributed by atoms with van der Waals surface area (Å²) < 4.78 is 28.3. The van der Waals surface area contributed by atoms with Gasteiger partial charge in [-0.1, -0.05) is 54.0 Å². The van der Waals surface area contributed by atoms with Crippen LogP contribution in [-0.4, -0.2) is 203 Å². The third-order valence-electron chi connectivity index (χ3n) is 15.6. The molecule has 8 rings (SSSR count). The van der Waals surface area contributed by atoms with Crippen molar-refractivity contribution in [1.29, 1.82) is 0 Å². The Morgan fingerprint density at radius 1 is 0.753 bits per heavy atom. The first-order chi connectivity index (χ1) is 41.0. The second kappa shape index (κ2) is 30.7. The molecule has 0 saturated carbocycles. The van der Waals surface area contributed by atoms with Crippen LogP contribution in [0.25, 0.3) is 21.7 Å². The number of carbonyl (C=O) groups is 9. The monoisotopic (exact) mass is 1240 g/mol. The summed E-state index contributed by atoms with van der Waals surface area (Å²) in [5, 5.41) is 11.3. The lowest BCUT2D eigenvalue weighted by Gasteiger charge is -2.31. The fourth-order valence-electron chi connectivity index (χ4n) is 10.9. The number of primary amides is 1. The molecule has 0 bridgehead atoms. The molecule has 458 valence electrons. The van der Waals surface area contributed by atoms with Gasteiger partial charge in [0.05, 0.1) is 58.5 Å². The number of fused-ring (bicyclic) bond motifs is 6. The number of alkyl halides is 1. The van der Waals surface area contributed by atoms with Crippen LogP contribution in [0, 0.1) is 11.8 Å². The van der Waals surface area contributed by atoms with Gasteiger partial charge < -0.3 is 70.0 Å². The Morgan fingerprint density at radius 2 is 1.42 bits per heavy atom. The Balaban J connectivity index is 0.806. The Labute approximate surface area is 501 Å². The zero-order chi connectivity index (χ0) is 60.6. The van der Waals surface area contributed by atoms with E-state index in [4.69, 9.17) is 29.4 Å². The van der Waals surface area contributed by atoms with Crippen molar-refractivity contribution in [3.8, 4) is 5.75 Å². The standard InChI is InChI=1S/C60H77BrN10O14/c1-38(2)44(33-40(72)16-25-81-27-29-83-31-32-84-30-28-82-26-18-63-52(73)15-20-70-53(74)12-13-54(70)75)56(76)66-47(9-6-17-64-59(62)79)57(77)69-19-14-41-45-34-48(65-46(45)10-11-49(41)69)58(78)71-37-39(36-61)55-43-8-5-4-7-42(43)51(35-50(55)71)85-60(80)68-23-21-67(3)22-24-68/h4-5,7-8,10-13,34-35,38-39,44,47,65H,6,9,14-33,36-37H2,1-3H3,(H,63,73)(H,66,76)(H3,62,64,79)/t39-,44+,47+/m1/s1. The van der Waals surface area contributed by atoms with Crippen molar-refractivity contribution in [3.05, 3.63) is 77.5 Å². The van der Waals surface area contributed by atoms with Gasteiger partial charge in [-0.15, -0.1) is 0 Å².